The largest absolute Gasteiger partial charge is 0.507 e. The van der Waals surface area contributed by atoms with Crippen LogP contribution in [0, 0.1) is 0 Å². The first-order valence-electron chi connectivity index (χ1n) is 10.7. The molecule has 0 radical (unpaired) electrons. The Labute approximate surface area is 191 Å². The Balaban J connectivity index is 1.27. The van der Waals surface area contributed by atoms with Gasteiger partial charge in [-0.25, -0.2) is 0 Å². The molecule has 6 nitrogen and oxygen atoms in total. The number of aromatic amines is 1. The molecule has 5 rings (SSSR count). The lowest BCUT2D eigenvalue weighted by atomic mass is 10.0. The van der Waals surface area contributed by atoms with Crippen molar-refractivity contribution in [1.29, 1.82) is 0 Å². The maximum Gasteiger partial charge on any atom is 0.204 e. The Morgan fingerprint density at radius 3 is 2.27 bits per heavy atom. The van der Waals surface area contributed by atoms with Gasteiger partial charge in [0.15, 0.2) is 0 Å². The quantitative estimate of drug-likeness (QED) is 0.358. The highest BCUT2D eigenvalue weighted by atomic mass is 16.5. The molecule has 0 aliphatic carbocycles. The number of hydrogen-bond donors (Lipinski definition) is 2. The van der Waals surface area contributed by atoms with Crippen LogP contribution in [0.4, 0.5) is 0 Å². The van der Waals surface area contributed by atoms with Crippen LogP contribution in [-0.4, -0.2) is 25.7 Å². The first-order valence-corrected chi connectivity index (χ1v) is 10.7. The number of nitrogens with zero attached hydrogens (tertiary/aromatic N) is 3. The van der Waals surface area contributed by atoms with E-state index in [-0.39, 0.29) is 5.75 Å². The van der Waals surface area contributed by atoms with Gasteiger partial charge in [-0.15, -0.1) is 10.2 Å². The maximum absolute atomic E-state index is 10.4. The van der Waals surface area contributed by atoms with Crippen molar-refractivity contribution in [3.05, 3.63) is 114 Å². The molecule has 0 bridgehead atoms. The molecule has 162 valence electrons. The topological polar surface area (TPSA) is 83.9 Å². The predicted molar refractivity (Wildman–Crippen MR) is 127 cm³/mol. The Kier molecular flexibility index (Phi) is 5.80. The number of benzene rings is 4. The van der Waals surface area contributed by atoms with Gasteiger partial charge < -0.3 is 9.84 Å². The highest BCUT2D eigenvalue weighted by Crippen LogP contribution is 2.37. The van der Waals surface area contributed by atoms with Gasteiger partial charge in [-0.05, 0) is 52.1 Å². The molecule has 1 heterocycles. The lowest BCUT2D eigenvalue weighted by Gasteiger charge is -2.13. The molecule has 0 saturated carbocycles. The van der Waals surface area contributed by atoms with Gasteiger partial charge in [0.1, 0.15) is 18.1 Å². The number of phenolic OH excluding ortho intramolecular Hbond substituents is 1. The van der Waals surface area contributed by atoms with Crippen molar-refractivity contribution in [3.8, 4) is 34.0 Å². The number of hydrogen-bond acceptors (Lipinski definition) is 5. The molecule has 0 unspecified atom stereocenters. The van der Waals surface area contributed by atoms with E-state index in [4.69, 9.17) is 4.74 Å². The van der Waals surface area contributed by atoms with Gasteiger partial charge in [0.25, 0.3) is 0 Å². The molecule has 1 aromatic heterocycles. The smallest absolute Gasteiger partial charge is 0.204 e. The predicted octanol–water partition coefficient (Wildman–Crippen LogP) is 5.41. The maximum atomic E-state index is 10.4. The average molecular weight is 434 g/mol. The Hall–Kier alpha value is -4.45. The first kappa shape index (κ1) is 20.5. The minimum atomic E-state index is 0.206. The fourth-order valence-electron chi connectivity index (χ4n) is 3.79. The van der Waals surface area contributed by atoms with Gasteiger partial charge in [0.05, 0.1) is 5.56 Å². The number of tetrazole rings is 1. The molecule has 0 aliphatic heterocycles. The zero-order valence-electron chi connectivity index (χ0n) is 17.8. The number of ether oxygens (including phenoxy) is 1. The summed E-state index contributed by atoms with van der Waals surface area (Å²) in [6, 6.07) is 31.6. The van der Waals surface area contributed by atoms with Crippen molar-refractivity contribution >= 4 is 0 Å². The van der Waals surface area contributed by atoms with Crippen LogP contribution in [0.25, 0.3) is 22.5 Å². The summed E-state index contributed by atoms with van der Waals surface area (Å²) in [7, 11) is 0. The van der Waals surface area contributed by atoms with Gasteiger partial charge in [-0.1, -0.05) is 78.9 Å². The van der Waals surface area contributed by atoms with Gasteiger partial charge in [-0.3, -0.25) is 0 Å². The van der Waals surface area contributed by atoms with Crippen LogP contribution in [0.15, 0.2) is 97.1 Å². The number of rotatable bonds is 7. The molecule has 0 amide bonds. The second-order valence-electron chi connectivity index (χ2n) is 7.73. The summed E-state index contributed by atoms with van der Waals surface area (Å²) in [4.78, 5) is 0. The summed E-state index contributed by atoms with van der Waals surface area (Å²) in [6.45, 7) is 0.414. The average Bonchev–Trinajstić information content (AvgIpc) is 3.40. The summed E-state index contributed by atoms with van der Waals surface area (Å²) in [5.74, 6) is 1.45. The number of nitrogens with one attached hydrogen (secondary N) is 1. The first-order chi connectivity index (χ1) is 16.3. The number of aromatic hydroxyl groups is 1. The normalized spacial score (nSPS) is 10.8. The third-order valence-electron chi connectivity index (χ3n) is 5.42. The van der Waals surface area contributed by atoms with Crippen LogP contribution in [0.3, 0.4) is 0 Å². The number of H-pyrrole nitrogens is 1. The summed E-state index contributed by atoms with van der Waals surface area (Å²) in [6.07, 6.45) is 0.803. The second kappa shape index (κ2) is 9.36. The van der Waals surface area contributed by atoms with E-state index in [1.807, 2.05) is 48.5 Å². The second-order valence-corrected chi connectivity index (χ2v) is 7.73. The number of aromatic nitrogens is 4. The van der Waals surface area contributed by atoms with E-state index < -0.39 is 0 Å². The van der Waals surface area contributed by atoms with E-state index in [2.05, 4.69) is 57.0 Å². The van der Waals surface area contributed by atoms with Crippen LogP contribution >= 0.6 is 0 Å². The van der Waals surface area contributed by atoms with Crippen LogP contribution in [-0.2, 0) is 13.0 Å². The summed E-state index contributed by atoms with van der Waals surface area (Å²) in [5.41, 5.74) is 5.99. The summed E-state index contributed by atoms with van der Waals surface area (Å²) in [5, 5.41) is 24.6. The SMILES string of the molecule is Oc1cccc(OCc2ccc(Cc3cccc(-c4nn[nH]n4)c3)cc2)c1-c1ccccc1. The standard InChI is InChI=1S/C27H22N4O2/c32-24-10-5-11-25(26(24)22-7-2-1-3-8-22)33-18-20-14-12-19(13-15-20)16-21-6-4-9-23(17-21)27-28-30-31-29-27/h1-15,17,32H,16,18H2,(H,28,29,30,31). The van der Waals surface area contributed by atoms with Gasteiger partial charge in [0, 0.05) is 5.56 Å². The number of phenols is 1. The Morgan fingerprint density at radius 2 is 1.48 bits per heavy atom. The zero-order chi connectivity index (χ0) is 22.5. The van der Waals surface area contributed by atoms with Crippen molar-refractivity contribution in [3.63, 3.8) is 0 Å². The van der Waals surface area contributed by atoms with E-state index in [9.17, 15) is 5.11 Å². The Bertz CT molecular complexity index is 1330. The minimum Gasteiger partial charge on any atom is -0.507 e. The van der Waals surface area contributed by atoms with Crippen molar-refractivity contribution in [2.45, 2.75) is 13.0 Å². The minimum absolute atomic E-state index is 0.206. The molecule has 6 heteroatoms. The van der Waals surface area contributed by atoms with Crippen LogP contribution in [0.1, 0.15) is 16.7 Å². The zero-order valence-corrected chi connectivity index (χ0v) is 17.8. The Morgan fingerprint density at radius 1 is 0.727 bits per heavy atom. The van der Waals surface area contributed by atoms with Gasteiger partial charge >= 0.3 is 0 Å². The molecule has 0 saturated heterocycles. The summed E-state index contributed by atoms with van der Waals surface area (Å²) < 4.78 is 6.09. The molecule has 0 atom stereocenters. The fourth-order valence-corrected chi connectivity index (χ4v) is 3.79. The molecule has 33 heavy (non-hydrogen) atoms. The van der Waals surface area contributed by atoms with E-state index in [1.54, 1.807) is 12.1 Å². The molecule has 0 fully saturated rings. The molecule has 0 aliphatic rings. The van der Waals surface area contributed by atoms with Crippen molar-refractivity contribution in [1.82, 2.24) is 20.6 Å². The van der Waals surface area contributed by atoms with E-state index in [1.165, 1.54) is 11.1 Å². The van der Waals surface area contributed by atoms with Crippen molar-refractivity contribution < 1.29 is 9.84 Å². The third-order valence-corrected chi connectivity index (χ3v) is 5.42. The third kappa shape index (κ3) is 4.75. The fraction of sp³-hybridized carbons (Fsp3) is 0.0741. The van der Waals surface area contributed by atoms with E-state index in [0.717, 1.165) is 23.1 Å². The lowest BCUT2D eigenvalue weighted by molar-refractivity contribution is 0.306. The molecular weight excluding hydrogens is 412 g/mol. The van der Waals surface area contributed by atoms with Gasteiger partial charge in [0.2, 0.25) is 5.82 Å². The van der Waals surface area contributed by atoms with Crippen molar-refractivity contribution in [2.75, 3.05) is 0 Å². The van der Waals surface area contributed by atoms with Crippen molar-refractivity contribution in [2.24, 2.45) is 0 Å². The summed E-state index contributed by atoms with van der Waals surface area (Å²) >= 11 is 0. The van der Waals surface area contributed by atoms with Crippen LogP contribution < -0.4 is 4.74 Å². The highest BCUT2D eigenvalue weighted by molar-refractivity contribution is 5.76. The molecule has 4 aromatic carbocycles. The molecular formula is C27H22N4O2. The van der Waals surface area contributed by atoms with Crippen LogP contribution in [0.2, 0.25) is 0 Å². The van der Waals surface area contributed by atoms with E-state index >= 15 is 0 Å². The molecule has 2 N–H and O–H groups in total. The van der Waals surface area contributed by atoms with Gasteiger partial charge in [-0.2, -0.15) is 5.21 Å². The molecule has 0 spiro atoms. The lowest BCUT2D eigenvalue weighted by Crippen LogP contribution is -1.98. The monoisotopic (exact) mass is 434 g/mol. The molecule has 5 aromatic rings. The van der Waals surface area contributed by atoms with Crippen LogP contribution in [0.5, 0.6) is 11.5 Å². The van der Waals surface area contributed by atoms with E-state index in [0.29, 0.717) is 23.7 Å². The highest BCUT2D eigenvalue weighted by Gasteiger charge is 2.11.